The average molecular weight is 479 g/mol. The normalized spacial score (nSPS) is 20.0. The first-order valence-corrected chi connectivity index (χ1v) is 10.9. The van der Waals surface area contributed by atoms with Crippen molar-refractivity contribution in [3.05, 3.63) is 34.9 Å². The number of benzene rings is 1. The van der Waals surface area contributed by atoms with Gasteiger partial charge in [0.15, 0.2) is 0 Å². The van der Waals surface area contributed by atoms with Crippen molar-refractivity contribution in [3.8, 4) is 0 Å². The average Bonchev–Trinajstić information content (AvgIpc) is 2.76. The molecule has 0 bridgehead atoms. The lowest BCUT2D eigenvalue weighted by Gasteiger charge is -2.36. The lowest BCUT2D eigenvalue weighted by molar-refractivity contribution is -0.143. The van der Waals surface area contributed by atoms with Gasteiger partial charge in [-0.05, 0) is 62.0 Å². The molecule has 11 heteroatoms. The summed E-state index contributed by atoms with van der Waals surface area (Å²) in [4.78, 5) is 27.8. The zero-order valence-electron chi connectivity index (χ0n) is 18.1. The molecular weight excluding hydrogens is 452 g/mol. The minimum atomic E-state index is -4.69. The molecule has 0 unspecified atom stereocenters. The largest absolute Gasteiger partial charge is 0.416 e. The third-order valence-corrected chi connectivity index (χ3v) is 6.10. The van der Waals surface area contributed by atoms with Crippen LogP contribution >= 0.6 is 0 Å². The van der Waals surface area contributed by atoms with Crippen molar-refractivity contribution in [2.24, 2.45) is 5.92 Å². The van der Waals surface area contributed by atoms with Gasteiger partial charge in [-0.2, -0.15) is 13.2 Å². The number of hydrogen-bond donors (Lipinski definition) is 1. The summed E-state index contributed by atoms with van der Waals surface area (Å²) in [5.41, 5.74) is -1.55. The Morgan fingerprint density at radius 2 is 1.79 bits per heavy atom. The summed E-state index contributed by atoms with van der Waals surface area (Å²) in [5, 5.41) is 2.61. The molecule has 0 radical (unpaired) electrons. The number of carbonyl (C=O) groups is 2. The van der Waals surface area contributed by atoms with Gasteiger partial charge >= 0.3 is 6.18 Å². The highest BCUT2D eigenvalue weighted by molar-refractivity contribution is 5.94. The highest BCUT2D eigenvalue weighted by Gasteiger charge is 2.37. The van der Waals surface area contributed by atoms with E-state index >= 15 is 0 Å². The molecule has 2 heterocycles. The van der Waals surface area contributed by atoms with E-state index in [1.807, 2.05) is 4.90 Å². The summed E-state index contributed by atoms with van der Waals surface area (Å²) >= 11 is 0. The van der Waals surface area contributed by atoms with Crippen molar-refractivity contribution in [2.75, 3.05) is 39.3 Å². The van der Waals surface area contributed by atoms with Crippen molar-refractivity contribution in [3.63, 3.8) is 0 Å². The molecule has 1 aromatic carbocycles. The Morgan fingerprint density at radius 3 is 2.39 bits per heavy atom. The van der Waals surface area contributed by atoms with Gasteiger partial charge in [0.25, 0.3) is 11.8 Å². The molecule has 2 aliphatic rings. The van der Waals surface area contributed by atoms with Crippen LogP contribution in [0.1, 0.15) is 47.2 Å². The van der Waals surface area contributed by atoms with E-state index in [1.165, 1.54) is 4.90 Å². The molecule has 0 spiro atoms. The van der Waals surface area contributed by atoms with Crippen LogP contribution in [0.15, 0.2) is 18.2 Å². The van der Waals surface area contributed by atoms with E-state index in [-0.39, 0.29) is 48.9 Å². The summed E-state index contributed by atoms with van der Waals surface area (Å²) < 4.78 is 78.9. The zero-order chi connectivity index (χ0) is 24.2. The maximum Gasteiger partial charge on any atom is 0.416 e. The minimum absolute atomic E-state index is 0.0609. The molecule has 2 amide bonds. The van der Waals surface area contributed by atoms with E-state index in [4.69, 9.17) is 0 Å². The van der Waals surface area contributed by atoms with E-state index in [2.05, 4.69) is 5.32 Å². The summed E-state index contributed by atoms with van der Waals surface area (Å²) in [6.45, 7) is 0.0602. The van der Waals surface area contributed by atoms with E-state index in [9.17, 15) is 35.9 Å². The maximum absolute atomic E-state index is 13.5. The molecule has 5 nitrogen and oxygen atoms in total. The highest BCUT2D eigenvalue weighted by Crippen LogP contribution is 2.31. The SMILES string of the molecule is O=C(NCC1CCN(CC(=O)N2CCCC(F)(F)C2)CC1)c1cc(CF)cc(C(F)(F)F)c1. The number of likely N-dealkylation sites (tertiary alicyclic amines) is 2. The molecule has 0 saturated carbocycles. The predicted molar refractivity (Wildman–Crippen MR) is 109 cm³/mol. The molecule has 33 heavy (non-hydrogen) atoms. The van der Waals surface area contributed by atoms with Crippen molar-refractivity contribution in [2.45, 2.75) is 44.5 Å². The lowest BCUT2D eigenvalue weighted by Crippen LogP contribution is -2.50. The third kappa shape index (κ3) is 7.09. The number of alkyl halides is 6. The molecule has 2 fully saturated rings. The van der Waals surface area contributed by atoms with Crippen LogP contribution in [0.5, 0.6) is 0 Å². The smallest absolute Gasteiger partial charge is 0.352 e. The Bertz CT molecular complexity index is 853. The van der Waals surface area contributed by atoms with Crippen LogP contribution in [0.2, 0.25) is 0 Å². The molecule has 0 atom stereocenters. The number of halogens is 6. The molecule has 3 rings (SSSR count). The Morgan fingerprint density at radius 1 is 1.09 bits per heavy atom. The third-order valence-electron chi connectivity index (χ3n) is 6.10. The van der Waals surface area contributed by atoms with Crippen molar-refractivity contribution >= 4 is 11.8 Å². The lowest BCUT2D eigenvalue weighted by atomic mass is 9.96. The van der Waals surface area contributed by atoms with Gasteiger partial charge in [0.05, 0.1) is 18.7 Å². The monoisotopic (exact) mass is 479 g/mol. The number of hydrogen-bond acceptors (Lipinski definition) is 3. The maximum atomic E-state index is 13.5. The van der Waals surface area contributed by atoms with Crippen LogP contribution in [-0.4, -0.2) is 66.8 Å². The standard InChI is InChI=1S/C22H27F6N3O2/c23-11-16-8-17(10-18(9-16)22(26,27)28)20(33)29-12-15-2-6-30(7-3-15)13-19(32)31-5-1-4-21(24,25)14-31/h8-10,15H,1-7,11-14H2,(H,29,33). The van der Waals surface area contributed by atoms with Crippen LogP contribution in [-0.2, 0) is 17.6 Å². The summed E-state index contributed by atoms with van der Waals surface area (Å²) in [6, 6.07) is 2.48. The second-order valence-electron chi connectivity index (χ2n) is 8.75. The number of carbonyl (C=O) groups excluding carboxylic acids is 2. The molecule has 0 aliphatic carbocycles. The zero-order valence-corrected chi connectivity index (χ0v) is 18.1. The van der Waals surface area contributed by atoms with Gasteiger partial charge in [-0.3, -0.25) is 14.5 Å². The Kier molecular flexibility index (Phi) is 7.92. The molecule has 184 valence electrons. The molecule has 1 N–H and O–H groups in total. The fraction of sp³-hybridized carbons (Fsp3) is 0.636. The number of nitrogens with zero attached hydrogens (tertiary/aromatic N) is 2. The summed E-state index contributed by atoms with van der Waals surface area (Å²) in [6.07, 6.45) is -3.33. The van der Waals surface area contributed by atoms with Crippen LogP contribution in [0.4, 0.5) is 26.3 Å². The predicted octanol–water partition coefficient (Wildman–Crippen LogP) is 3.87. The first-order valence-electron chi connectivity index (χ1n) is 10.9. The Hall–Kier alpha value is -2.30. The van der Waals surface area contributed by atoms with Crippen molar-refractivity contribution in [1.29, 1.82) is 0 Å². The van der Waals surface area contributed by atoms with Crippen LogP contribution in [0.25, 0.3) is 0 Å². The topological polar surface area (TPSA) is 52.7 Å². The number of piperidine rings is 2. The van der Waals surface area contributed by atoms with E-state index in [1.54, 1.807) is 0 Å². The molecule has 0 aromatic heterocycles. The second kappa shape index (κ2) is 10.3. The van der Waals surface area contributed by atoms with E-state index in [0.717, 1.165) is 6.07 Å². The van der Waals surface area contributed by atoms with Gasteiger partial charge in [0, 0.05) is 25.1 Å². The van der Waals surface area contributed by atoms with Crippen molar-refractivity contribution < 1.29 is 35.9 Å². The molecule has 2 saturated heterocycles. The van der Waals surface area contributed by atoms with Crippen LogP contribution in [0.3, 0.4) is 0 Å². The molecular formula is C22H27F6N3O2. The fourth-order valence-corrected chi connectivity index (χ4v) is 4.22. The van der Waals surface area contributed by atoms with Gasteiger partial charge < -0.3 is 10.2 Å². The summed E-state index contributed by atoms with van der Waals surface area (Å²) in [7, 11) is 0. The number of nitrogens with one attached hydrogen (secondary N) is 1. The van der Waals surface area contributed by atoms with Gasteiger partial charge in [-0.1, -0.05) is 0 Å². The Labute approximate surface area is 188 Å². The summed E-state index contributed by atoms with van der Waals surface area (Å²) in [5.74, 6) is -3.82. The number of amides is 2. The molecule has 1 aromatic rings. The van der Waals surface area contributed by atoms with Crippen LogP contribution in [0, 0.1) is 5.92 Å². The number of rotatable bonds is 6. The van der Waals surface area contributed by atoms with Crippen LogP contribution < -0.4 is 5.32 Å². The Balaban J connectivity index is 1.46. The minimum Gasteiger partial charge on any atom is -0.352 e. The quantitative estimate of drug-likeness (QED) is 0.631. The first-order chi connectivity index (χ1) is 15.5. The first kappa shape index (κ1) is 25.3. The van der Waals surface area contributed by atoms with E-state index in [0.29, 0.717) is 44.6 Å². The second-order valence-corrected chi connectivity index (χ2v) is 8.75. The van der Waals surface area contributed by atoms with Gasteiger partial charge in [0.1, 0.15) is 6.67 Å². The van der Waals surface area contributed by atoms with Gasteiger partial charge in [-0.25, -0.2) is 13.2 Å². The molecule has 2 aliphatic heterocycles. The highest BCUT2D eigenvalue weighted by atomic mass is 19.4. The fourth-order valence-electron chi connectivity index (χ4n) is 4.22. The van der Waals surface area contributed by atoms with Crippen molar-refractivity contribution in [1.82, 2.24) is 15.1 Å². The van der Waals surface area contributed by atoms with Gasteiger partial charge in [-0.15, -0.1) is 0 Å². The van der Waals surface area contributed by atoms with Gasteiger partial charge in [0.2, 0.25) is 5.91 Å². The van der Waals surface area contributed by atoms with E-state index < -0.39 is 36.8 Å².